The summed E-state index contributed by atoms with van der Waals surface area (Å²) in [7, 11) is 0. The predicted octanol–water partition coefficient (Wildman–Crippen LogP) is 4.18. The number of amides is 1. The van der Waals surface area contributed by atoms with E-state index < -0.39 is 0 Å². The van der Waals surface area contributed by atoms with Gasteiger partial charge >= 0.3 is 0 Å². The molecule has 3 rings (SSSR count). The maximum absolute atomic E-state index is 12.1. The highest BCUT2D eigenvalue weighted by Crippen LogP contribution is 2.27. The van der Waals surface area contributed by atoms with Gasteiger partial charge < -0.3 is 4.74 Å². The second kappa shape index (κ2) is 9.19. The molecule has 1 heterocycles. The highest BCUT2D eigenvalue weighted by molar-refractivity contribution is 8.00. The van der Waals surface area contributed by atoms with Gasteiger partial charge in [-0.1, -0.05) is 30.3 Å². The van der Waals surface area contributed by atoms with Crippen LogP contribution in [0.3, 0.4) is 0 Å². The van der Waals surface area contributed by atoms with Crippen molar-refractivity contribution < 1.29 is 9.53 Å². The van der Waals surface area contributed by atoms with Crippen LogP contribution in [0.15, 0.2) is 64.6 Å². The van der Waals surface area contributed by atoms with Crippen LogP contribution in [0.1, 0.15) is 18.2 Å². The predicted molar refractivity (Wildman–Crippen MR) is 111 cm³/mol. The zero-order valence-corrected chi connectivity index (χ0v) is 16.1. The van der Waals surface area contributed by atoms with Gasteiger partial charge in [-0.15, -0.1) is 11.8 Å². The molecule has 0 aliphatic heterocycles. The van der Waals surface area contributed by atoms with E-state index >= 15 is 0 Å². The molecule has 5 nitrogen and oxygen atoms in total. The molecule has 27 heavy (non-hydrogen) atoms. The van der Waals surface area contributed by atoms with Gasteiger partial charge in [-0.2, -0.15) is 5.10 Å². The quantitative estimate of drug-likeness (QED) is 0.380. The number of thioether (sulfide) groups is 1. The highest BCUT2D eigenvalue weighted by Gasteiger charge is 2.07. The molecule has 3 aromatic rings. The van der Waals surface area contributed by atoms with Crippen molar-refractivity contribution >= 4 is 34.8 Å². The molecule has 0 spiro atoms. The van der Waals surface area contributed by atoms with Crippen LogP contribution in [-0.4, -0.2) is 29.5 Å². The topological polar surface area (TPSA) is 63.6 Å². The summed E-state index contributed by atoms with van der Waals surface area (Å²) in [4.78, 5) is 17.7. The molecule has 0 aliphatic rings. The first kappa shape index (κ1) is 18.9. The Bertz CT molecular complexity index is 973. The summed E-state index contributed by atoms with van der Waals surface area (Å²) >= 11 is 1.48. The summed E-state index contributed by atoms with van der Waals surface area (Å²) in [6, 6.07) is 17.5. The first-order valence-electron chi connectivity index (χ1n) is 8.70. The minimum Gasteiger partial charge on any atom is -0.493 e. The molecule has 0 atom stereocenters. The number of rotatable bonds is 7. The fourth-order valence-corrected chi connectivity index (χ4v) is 3.55. The molecule has 0 bridgehead atoms. The molecule has 0 saturated carbocycles. The summed E-state index contributed by atoms with van der Waals surface area (Å²) < 4.78 is 5.54. The Morgan fingerprint density at radius 1 is 1.22 bits per heavy atom. The van der Waals surface area contributed by atoms with Gasteiger partial charge in [0.1, 0.15) is 5.75 Å². The lowest BCUT2D eigenvalue weighted by molar-refractivity contribution is -0.118. The molecule has 2 aromatic carbocycles. The van der Waals surface area contributed by atoms with Crippen molar-refractivity contribution in [3.05, 3.63) is 65.9 Å². The molecule has 1 N–H and O–H groups in total. The fraction of sp³-hybridized carbons (Fsp3) is 0.190. The number of hydrogen-bond donors (Lipinski definition) is 1. The number of aromatic nitrogens is 1. The average Bonchev–Trinajstić information content (AvgIpc) is 2.67. The molecule has 0 saturated heterocycles. The van der Waals surface area contributed by atoms with Crippen molar-refractivity contribution in [2.75, 3.05) is 12.4 Å². The van der Waals surface area contributed by atoms with E-state index in [9.17, 15) is 4.79 Å². The zero-order chi connectivity index (χ0) is 19.1. The van der Waals surface area contributed by atoms with Gasteiger partial charge in [0, 0.05) is 21.5 Å². The van der Waals surface area contributed by atoms with E-state index in [-0.39, 0.29) is 11.7 Å². The lowest BCUT2D eigenvalue weighted by atomic mass is 10.2. The van der Waals surface area contributed by atoms with Gasteiger partial charge in [-0.05, 0) is 38.1 Å². The Labute approximate surface area is 162 Å². The number of aryl methyl sites for hydroxylation is 1. The molecule has 0 unspecified atom stereocenters. The smallest absolute Gasteiger partial charge is 0.250 e. The van der Waals surface area contributed by atoms with Crippen LogP contribution in [0, 0.1) is 6.92 Å². The number of para-hydroxylation sites is 2. The van der Waals surface area contributed by atoms with E-state index in [1.165, 1.54) is 11.8 Å². The Kier molecular flexibility index (Phi) is 6.44. The SMILES string of the molecule is CCOc1ccccc1/C=N\NC(=O)CSc1cc(C)nc2ccccc12. The molecule has 1 aromatic heterocycles. The number of hydrazone groups is 1. The normalized spacial score (nSPS) is 11.0. The summed E-state index contributed by atoms with van der Waals surface area (Å²) in [6.07, 6.45) is 1.60. The summed E-state index contributed by atoms with van der Waals surface area (Å²) in [6.45, 7) is 4.46. The monoisotopic (exact) mass is 379 g/mol. The number of carbonyl (C=O) groups is 1. The van der Waals surface area contributed by atoms with E-state index in [2.05, 4.69) is 15.5 Å². The van der Waals surface area contributed by atoms with Gasteiger partial charge in [0.2, 0.25) is 5.91 Å². The minimum absolute atomic E-state index is 0.163. The molecular weight excluding hydrogens is 358 g/mol. The molecular formula is C21H21N3O2S. The third-order valence-electron chi connectivity index (χ3n) is 3.78. The van der Waals surface area contributed by atoms with Gasteiger partial charge in [0.05, 0.1) is 24.1 Å². The number of nitrogens with one attached hydrogen (secondary N) is 1. The molecule has 1 amide bonds. The fourth-order valence-electron chi connectivity index (χ4n) is 2.61. The van der Waals surface area contributed by atoms with Gasteiger partial charge in [-0.25, -0.2) is 5.43 Å². The zero-order valence-electron chi connectivity index (χ0n) is 15.3. The Morgan fingerprint density at radius 3 is 2.85 bits per heavy atom. The van der Waals surface area contributed by atoms with Crippen LogP contribution in [0.4, 0.5) is 0 Å². The van der Waals surface area contributed by atoms with E-state index in [4.69, 9.17) is 4.74 Å². The number of nitrogens with zero attached hydrogens (tertiary/aromatic N) is 2. The van der Waals surface area contributed by atoms with Gasteiger partial charge in [0.25, 0.3) is 0 Å². The van der Waals surface area contributed by atoms with Crippen molar-refractivity contribution in [1.82, 2.24) is 10.4 Å². The number of carbonyl (C=O) groups excluding carboxylic acids is 1. The van der Waals surface area contributed by atoms with E-state index in [0.717, 1.165) is 32.8 Å². The van der Waals surface area contributed by atoms with Crippen molar-refractivity contribution in [3.63, 3.8) is 0 Å². The standard InChI is InChI=1S/C21H21N3O2S/c1-3-26-19-11-7-4-8-16(19)13-22-24-21(25)14-27-20-12-15(2)23-18-10-6-5-9-17(18)20/h4-13H,3,14H2,1-2H3,(H,24,25)/b22-13-. The second-order valence-electron chi connectivity index (χ2n) is 5.83. The second-order valence-corrected chi connectivity index (χ2v) is 6.85. The number of fused-ring (bicyclic) bond motifs is 1. The van der Waals surface area contributed by atoms with E-state index in [1.54, 1.807) is 6.21 Å². The van der Waals surface area contributed by atoms with E-state index in [0.29, 0.717) is 6.61 Å². The maximum Gasteiger partial charge on any atom is 0.250 e. The first-order chi connectivity index (χ1) is 13.2. The molecule has 0 aliphatic carbocycles. The Morgan fingerprint density at radius 2 is 2.00 bits per heavy atom. The first-order valence-corrected chi connectivity index (χ1v) is 9.69. The Balaban J connectivity index is 1.61. The minimum atomic E-state index is -0.163. The van der Waals surface area contributed by atoms with Gasteiger partial charge in [-0.3, -0.25) is 9.78 Å². The van der Waals surface area contributed by atoms with Crippen molar-refractivity contribution in [1.29, 1.82) is 0 Å². The Hall–Kier alpha value is -2.86. The number of hydrogen-bond acceptors (Lipinski definition) is 5. The maximum atomic E-state index is 12.1. The summed E-state index contributed by atoms with van der Waals surface area (Å²) in [5.41, 5.74) is 5.26. The van der Waals surface area contributed by atoms with Crippen LogP contribution in [0.25, 0.3) is 10.9 Å². The lowest BCUT2D eigenvalue weighted by Crippen LogP contribution is -2.19. The summed E-state index contributed by atoms with van der Waals surface area (Å²) in [5, 5.41) is 5.10. The van der Waals surface area contributed by atoms with Crippen molar-refractivity contribution in [2.24, 2.45) is 5.10 Å². The van der Waals surface area contributed by atoms with Crippen LogP contribution in [-0.2, 0) is 4.79 Å². The largest absolute Gasteiger partial charge is 0.493 e. The molecule has 138 valence electrons. The van der Waals surface area contributed by atoms with Gasteiger partial charge in [0.15, 0.2) is 0 Å². The van der Waals surface area contributed by atoms with Crippen LogP contribution in [0.5, 0.6) is 5.75 Å². The number of ether oxygens (including phenoxy) is 1. The summed E-state index contributed by atoms with van der Waals surface area (Å²) in [5.74, 6) is 0.854. The third kappa shape index (κ3) is 5.08. The van der Waals surface area contributed by atoms with Crippen LogP contribution in [0.2, 0.25) is 0 Å². The van der Waals surface area contributed by atoms with E-state index in [1.807, 2.05) is 68.4 Å². The van der Waals surface area contributed by atoms with Crippen LogP contribution >= 0.6 is 11.8 Å². The third-order valence-corrected chi connectivity index (χ3v) is 4.83. The highest BCUT2D eigenvalue weighted by atomic mass is 32.2. The van der Waals surface area contributed by atoms with Crippen molar-refractivity contribution in [3.8, 4) is 5.75 Å². The molecule has 0 fully saturated rings. The lowest BCUT2D eigenvalue weighted by Gasteiger charge is -2.07. The van der Waals surface area contributed by atoms with Crippen molar-refractivity contribution in [2.45, 2.75) is 18.7 Å². The number of benzene rings is 2. The van der Waals surface area contributed by atoms with Crippen LogP contribution < -0.4 is 10.2 Å². The molecule has 0 radical (unpaired) electrons. The average molecular weight is 379 g/mol. The number of pyridine rings is 1. The molecule has 6 heteroatoms.